The lowest BCUT2D eigenvalue weighted by molar-refractivity contribution is 0.0601. The Kier molecular flexibility index (Phi) is 4.90. The maximum atomic E-state index is 12.3. The van der Waals surface area contributed by atoms with Gasteiger partial charge in [0.1, 0.15) is 5.82 Å². The molecule has 0 radical (unpaired) electrons. The monoisotopic (exact) mass is 354 g/mol. The highest BCUT2D eigenvalue weighted by Gasteiger charge is 2.10. The number of nitrogens with one attached hydrogen (secondary N) is 1. The third-order valence-corrected chi connectivity index (χ3v) is 5.06. The number of H-pyrrole nitrogens is 1. The summed E-state index contributed by atoms with van der Waals surface area (Å²) in [5.74, 6) is 0.664. The van der Waals surface area contributed by atoms with Crippen molar-refractivity contribution >= 4 is 28.6 Å². The van der Waals surface area contributed by atoms with Crippen LogP contribution < -0.4 is 5.56 Å². The van der Waals surface area contributed by atoms with Gasteiger partial charge in [-0.05, 0) is 43.7 Å². The number of thioether (sulfide) groups is 1. The van der Waals surface area contributed by atoms with Crippen molar-refractivity contribution in [1.29, 1.82) is 0 Å². The van der Waals surface area contributed by atoms with E-state index in [1.807, 2.05) is 0 Å². The summed E-state index contributed by atoms with van der Waals surface area (Å²) in [5, 5.41) is 0.452. The fourth-order valence-corrected chi connectivity index (χ4v) is 3.49. The first kappa shape index (κ1) is 17.2. The molecule has 1 N–H and O–H groups in total. The summed E-state index contributed by atoms with van der Waals surface area (Å²) in [6.07, 6.45) is 0. The van der Waals surface area contributed by atoms with Crippen LogP contribution in [0.5, 0.6) is 0 Å². The highest BCUT2D eigenvalue weighted by molar-refractivity contribution is 7.98. The molecule has 2 aromatic carbocycles. The van der Waals surface area contributed by atoms with Crippen molar-refractivity contribution in [2.75, 3.05) is 7.11 Å². The summed E-state index contributed by atoms with van der Waals surface area (Å²) in [6, 6.07) is 11.0. The highest BCUT2D eigenvalue weighted by Crippen LogP contribution is 2.25. The fraction of sp³-hybridized carbons (Fsp3) is 0.211. The van der Waals surface area contributed by atoms with E-state index in [4.69, 9.17) is 4.74 Å². The summed E-state index contributed by atoms with van der Waals surface area (Å²) < 4.78 is 4.72. The average molecular weight is 354 g/mol. The molecule has 0 bridgehead atoms. The Bertz CT molecular complexity index is 1010. The quantitative estimate of drug-likeness (QED) is 0.572. The van der Waals surface area contributed by atoms with Crippen LogP contribution in [0.4, 0.5) is 0 Å². The zero-order valence-corrected chi connectivity index (χ0v) is 15.1. The summed E-state index contributed by atoms with van der Waals surface area (Å²) in [5.41, 5.74) is 3.07. The maximum Gasteiger partial charge on any atom is 0.337 e. The molecule has 5 nitrogen and oxygen atoms in total. The van der Waals surface area contributed by atoms with Gasteiger partial charge in [0, 0.05) is 4.90 Å². The van der Waals surface area contributed by atoms with Crippen LogP contribution in [0.25, 0.3) is 10.9 Å². The number of benzene rings is 2. The number of ether oxygens (including phenoxy) is 1. The van der Waals surface area contributed by atoms with E-state index >= 15 is 0 Å². The number of esters is 1. The van der Waals surface area contributed by atoms with E-state index in [1.54, 1.807) is 30.0 Å². The van der Waals surface area contributed by atoms with Crippen molar-refractivity contribution in [3.63, 3.8) is 0 Å². The summed E-state index contributed by atoms with van der Waals surface area (Å²) >= 11 is 1.62. The van der Waals surface area contributed by atoms with Crippen LogP contribution in [-0.4, -0.2) is 23.0 Å². The van der Waals surface area contributed by atoms with E-state index in [0.29, 0.717) is 28.0 Å². The Labute approximate surface area is 149 Å². The van der Waals surface area contributed by atoms with Crippen molar-refractivity contribution in [1.82, 2.24) is 9.97 Å². The Morgan fingerprint density at radius 3 is 2.72 bits per heavy atom. The second-order valence-electron chi connectivity index (χ2n) is 5.79. The topological polar surface area (TPSA) is 72.1 Å². The first-order valence-electron chi connectivity index (χ1n) is 7.79. The number of aryl methyl sites for hydroxylation is 2. The third kappa shape index (κ3) is 3.74. The number of carbonyl (C=O) groups is 1. The molecule has 0 aliphatic rings. The summed E-state index contributed by atoms with van der Waals surface area (Å²) in [7, 11) is 1.32. The SMILES string of the molecule is COC(=O)c1ccc2c(=O)[nH]c(CSc3ccc(C)cc3C)nc2c1. The number of methoxy groups -OCH3 is 1. The third-order valence-electron chi connectivity index (χ3n) is 3.87. The number of aromatic nitrogens is 2. The van der Waals surface area contributed by atoms with Gasteiger partial charge in [0.15, 0.2) is 0 Å². The van der Waals surface area contributed by atoms with Gasteiger partial charge >= 0.3 is 5.97 Å². The smallest absolute Gasteiger partial charge is 0.337 e. The van der Waals surface area contributed by atoms with Crippen molar-refractivity contribution in [3.05, 3.63) is 69.3 Å². The molecule has 6 heteroatoms. The number of carbonyl (C=O) groups excluding carboxylic acids is 1. The van der Waals surface area contributed by atoms with E-state index in [9.17, 15) is 9.59 Å². The average Bonchev–Trinajstić information content (AvgIpc) is 2.59. The Balaban J connectivity index is 1.91. The van der Waals surface area contributed by atoms with Gasteiger partial charge in [-0.15, -0.1) is 11.8 Å². The molecule has 0 spiro atoms. The standard InChI is InChI=1S/C19H18N2O3S/c1-11-4-7-16(12(2)8-11)25-10-17-20-15-9-13(19(23)24-3)5-6-14(15)18(22)21-17/h4-9H,10H2,1-3H3,(H,20,21,22). The van der Waals surface area contributed by atoms with Crippen LogP contribution in [0.2, 0.25) is 0 Å². The van der Waals surface area contributed by atoms with Crippen LogP contribution in [0.3, 0.4) is 0 Å². The molecule has 25 heavy (non-hydrogen) atoms. The minimum absolute atomic E-state index is 0.211. The van der Waals surface area contributed by atoms with Gasteiger partial charge in [-0.3, -0.25) is 4.79 Å². The predicted octanol–water partition coefficient (Wildman–Crippen LogP) is 3.62. The van der Waals surface area contributed by atoms with E-state index in [2.05, 4.69) is 42.0 Å². The number of hydrogen-bond acceptors (Lipinski definition) is 5. The number of rotatable bonds is 4. The molecule has 0 saturated heterocycles. The molecule has 0 aliphatic heterocycles. The minimum atomic E-state index is -0.449. The molecule has 3 aromatic rings. The molecular weight excluding hydrogens is 336 g/mol. The first-order valence-corrected chi connectivity index (χ1v) is 8.78. The van der Waals surface area contributed by atoms with Gasteiger partial charge in [-0.1, -0.05) is 17.7 Å². The predicted molar refractivity (Wildman–Crippen MR) is 99.2 cm³/mol. The number of nitrogens with zero attached hydrogens (tertiary/aromatic N) is 1. The van der Waals surface area contributed by atoms with Crippen LogP contribution in [0.1, 0.15) is 27.3 Å². The lowest BCUT2D eigenvalue weighted by Gasteiger charge is -2.07. The van der Waals surface area contributed by atoms with E-state index in [-0.39, 0.29) is 5.56 Å². The van der Waals surface area contributed by atoms with Gasteiger partial charge in [0.2, 0.25) is 0 Å². The zero-order chi connectivity index (χ0) is 18.0. The maximum absolute atomic E-state index is 12.3. The molecule has 1 aromatic heterocycles. The van der Waals surface area contributed by atoms with Gasteiger partial charge in [0.05, 0.1) is 29.3 Å². The highest BCUT2D eigenvalue weighted by atomic mass is 32.2. The fourth-order valence-electron chi connectivity index (χ4n) is 2.61. The van der Waals surface area contributed by atoms with Gasteiger partial charge < -0.3 is 9.72 Å². The largest absolute Gasteiger partial charge is 0.465 e. The van der Waals surface area contributed by atoms with E-state index < -0.39 is 5.97 Å². The molecule has 0 saturated carbocycles. The van der Waals surface area contributed by atoms with Gasteiger partial charge in [0.25, 0.3) is 5.56 Å². The van der Waals surface area contributed by atoms with Gasteiger partial charge in [-0.2, -0.15) is 0 Å². The molecule has 0 amide bonds. The Morgan fingerprint density at radius 2 is 2.00 bits per heavy atom. The lowest BCUT2D eigenvalue weighted by atomic mass is 10.1. The van der Waals surface area contributed by atoms with Gasteiger partial charge in [-0.25, -0.2) is 9.78 Å². The number of hydrogen-bond donors (Lipinski definition) is 1. The second kappa shape index (κ2) is 7.11. The molecule has 3 rings (SSSR count). The van der Waals surface area contributed by atoms with Crippen molar-refractivity contribution in [3.8, 4) is 0 Å². The van der Waals surface area contributed by atoms with Crippen LogP contribution >= 0.6 is 11.8 Å². The lowest BCUT2D eigenvalue weighted by Crippen LogP contribution is -2.12. The first-order chi connectivity index (χ1) is 12.0. The van der Waals surface area contributed by atoms with Crippen molar-refractivity contribution in [2.24, 2.45) is 0 Å². The van der Waals surface area contributed by atoms with Crippen LogP contribution in [0, 0.1) is 13.8 Å². The molecule has 0 fully saturated rings. The molecule has 1 heterocycles. The van der Waals surface area contributed by atoms with E-state index in [0.717, 1.165) is 4.90 Å². The zero-order valence-electron chi connectivity index (χ0n) is 14.3. The molecule has 0 unspecified atom stereocenters. The molecule has 0 atom stereocenters. The van der Waals surface area contributed by atoms with Crippen LogP contribution in [0.15, 0.2) is 46.1 Å². The second-order valence-corrected chi connectivity index (χ2v) is 6.81. The van der Waals surface area contributed by atoms with Crippen molar-refractivity contribution < 1.29 is 9.53 Å². The normalized spacial score (nSPS) is 10.8. The minimum Gasteiger partial charge on any atom is -0.465 e. The Hall–Kier alpha value is -2.60. The number of aromatic amines is 1. The number of fused-ring (bicyclic) bond motifs is 1. The van der Waals surface area contributed by atoms with E-state index in [1.165, 1.54) is 18.2 Å². The van der Waals surface area contributed by atoms with Crippen LogP contribution in [-0.2, 0) is 10.5 Å². The molecular formula is C19H18N2O3S. The molecule has 0 aliphatic carbocycles. The molecule has 128 valence electrons. The van der Waals surface area contributed by atoms with Crippen molar-refractivity contribution in [2.45, 2.75) is 24.5 Å². The summed E-state index contributed by atoms with van der Waals surface area (Å²) in [6.45, 7) is 4.12. The Morgan fingerprint density at radius 1 is 1.20 bits per heavy atom. The summed E-state index contributed by atoms with van der Waals surface area (Å²) in [4.78, 5) is 32.4.